The molecule has 5 heteroatoms. The van der Waals surface area contributed by atoms with Gasteiger partial charge in [-0.25, -0.2) is 4.39 Å². The average molecular weight is 402 g/mol. The monoisotopic (exact) mass is 402 g/mol. The molecule has 152 valence electrons. The minimum atomic E-state index is -0.477. The number of nitrogens with one attached hydrogen (secondary N) is 2. The van der Waals surface area contributed by atoms with Crippen LogP contribution in [0.15, 0.2) is 84.6 Å². The van der Waals surface area contributed by atoms with Crippen molar-refractivity contribution in [2.24, 2.45) is 0 Å². The fraction of sp³-hybridized carbons (Fsp3) is 0.120. The van der Waals surface area contributed by atoms with E-state index in [1.165, 1.54) is 12.1 Å². The Bertz CT molecular complexity index is 1040. The number of halogens is 1. The van der Waals surface area contributed by atoms with Crippen molar-refractivity contribution in [1.82, 2.24) is 10.6 Å². The molecule has 0 saturated heterocycles. The van der Waals surface area contributed by atoms with Crippen LogP contribution < -0.4 is 10.6 Å². The number of hydrogen-bond acceptors (Lipinski definition) is 2. The Hall–Kier alpha value is -3.73. The molecule has 0 atom stereocenters. The fourth-order valence-electron chi connectivity index (χ4n) is 2.87. The summed E-state index contributed by atoms with van der Waals surface area (Å²) in [7, 11) is 0. The number of rotatable bonds is 7. The highest BCUT2D eigenvalue weighted by atomic mass is 19.1. The highest BCUT2D eigenvalue weighted by molar-refractivity contribution is 6.05. The molecule has 0 radical (unpaired) electrons. The van der Waals surface area contributed by atoms with Gasteiger partial charge >= 0.3 is 0 Å². The van der Waals surface area contributed by atoms with E-state index in [0.29, 0.717) is 18.5 Å². The van der Waals surface area contributed by atoms with Crippen molar-refractivity contribution in [3.63, 3.8) is 0 Å². The molecular weight excluding hydrogens is 379 g/mol. The molecule has 0 unspecified atom stereocenters. The summed E-state index contributed by atoms with van der Waals surface area (Å²) in [5.74, 6) is -1.39. The first-order valence-corrected chi connectivity index (χ1v) is 9.69. The minimum absolute atomic E-state index is 0.0151. The van der Waals surface area contributed by atoms with E-state index in [2.05, 4.69) is 10.6 Å². The molecule has 0 aliphatic carbocycles. The third kappa shape index (κ3) is 5.88. The standard InChI is InChI=1S/C25H23FN2O2/c1-18-11-13-20(14-12-18)24(29)28-23(17-21-9-5-6-10-22(21)26)25(30)27-16-15-19-7-3-2-4-8-19/h2-14,17H,15-16H2,1H3,(H,27,30)(H,28,29)/b23-17+. The van der Waals surface area contributed by atoms with Gasteiger partial charge in [-0.15, -0.1) is 0 Å². The van der Waals surface area contributed by atoms with Gasteiger partial charge in [-0.1, -0.05) is 66.2 Å². The zero-order valence-corrected chi connectivity index (χ0v) is 16.7. The van der Waals surface area contributed by atoms with Gasteiger partial charge < -0.3 is 10.6 Å². The number of carbonyl (C=O) groups is 2. The van der Waals surface area contributed by atoms with Crippen LogP contribution in [-0.2, 0) is 11.2 Å². The molecule has 3 aromatic carbocycles. The molecule has 3 rings (SSSR count). The van der Waals surface area contributed by atoms with Crippen molar-refractivity contribution in [1.29, 1.82) is 0 Å². The van der Waals surface area contributed by atoms with Gasteiger partial charge in [0.15, 0.2) is 0 Å². The SMILES string of the molecule is Cc1ccc(C(=O)N/C(=C/c2ccccc2F)C(=O)NCCc2ccccc2)cc1. The van der Waals surface area contributed by atoms with E-state index in [-0.39, 0.29) is 11.3 Å². The largest absolute Gasteiger partial charge is 0.350 e. The lowest BCUT2D eigenvalue weighted by Crippen LogP contribution is -2.35. The van der Waals surface area contributed by atoms with E-state index in [0.717, 1.165) is 11.1 Å². The van der Waals surface area contributed by atoms with Gasteiger partial charge in [-0.3, -0.25) is 9.59 Å². The second kappa shape index (κ2) is 10.2. The molecule has 0 aromatic heterocycles. The quantitative estimate of drug-likeness (QED) is 0.580. The lowest BCUT2D eigenvalue weighted by atomic mass is 10.1. The summed E-state index contributed by atoms with van der Waals surface area (Å²) < 4.78 is 14.1. The molecule has 2 amide bonds. The first kappa shape index (κ1) is 21.0. The van der Waals surface area contributed by atoms with Crippen LogP contribution in [0, 0.1) is 12.7 Å². The molecule has 0 heterocycles. The Kier molecular flexibility index (Phi) is 7.11. The second-order valence-corrected chi connectivity index (χ2v) is 6.89. The fourth-order valence-corrected chi connectivity index (χ4v) is 2.87. The highest BCUT2D eigenvalue weighted by Crippen LogP contribution is 2.12. The van der Waals surface area contributed by atoms with Crippen LogP contribution in [0.2, 0.25) is 0 Å². The van der Waals surface area contributed by atoms with E-state index >= 15 is 0 Å². The molecule has 0 spiro atoms. The van der Waals surface area contributed by atoms with E-state index in [1.54, 1.807) is 30.3 Å². The minimum Gasteiger partial charge on any atom is -0.350 e. The summed E-state index contributed by atoms with van der Waals surface area (Å²) in [5, 5.41) is 5.41. The molecule has 0 aliphatic rings. The van der Waals surface area contributed by atoms with Crippen LogP contribution >= 0.6 is 0 Å². The van der Waals surface area contributed by atoms with Gasteiger partial charge in [0.2, 0.25) is 0 Å². The first-order valence-electron chi connectivity index (χ1n) is 9.69. The molecule has 0 fully saturated rings. The van der Waals surface area contributed by atoms with Crippen LogP contribution in [0.1, 0.15) is 27.0 Å². The molecule has 3 aromatic rings. The Morgan fingerprint density at radius 3 is 2.27 bits per heavy atom. The number of benzene rings is 3. The number of amides is 2. The van der Waals surface area contributed by atoms with Crippen LogP contribution in [0.5, 0.6) is 0 Å². The highest BCUT2D eigenvalue weighted by Gasteiger charge is 2.15. The van der Waals surface area contributed by atoms with Crippen LogP contribution in [0.25, 0.3) is 6.08 Å². The summed E-state index contributed by atoms with van der Waals surface area (Å²) >= 11 is 0. The zero-order valence-electron chi connectivity index (χ0n) is 16.7. The van der Waals surface area contributed by atoms with Crippen LogP contribution in [-0.4, -0.2) is 18.4 Å². The van der Waals surface area contributed by atoms with E-state index in [9.17, 15) is 14.0 Å². The lowest BCUT2D eigenvalue weighted by Gasteiger charge is -2.12. The van der Waals surface area contributed by atoms with Crippen molar-refractivity contribution in [3.05, 3.63) is 113 Å². The first-order chi connectivity index (χ1) is 14.5. The average Bonchev–Trinajstić information content (AvgIpc) is 2.76. The Labute approximate surface area is 175 Å². The van der Waals surface area contributed by atoms with E-state index in [1.807, 2.05) is 49.4 Å². The molecule has 4 nitrogen and oxygen atoms in total. The van der Waals surface area contributed by atoms with Gasteiger partial charge in [-0.05, 0) is 43.2 Å². The van der Waals surface area contributed by atoms with Crippen molar-refractivity contribution in [3.8, 4) is 0 Å². The maximum absolute atomic E-state index is 14.1. The predicted molar refractivity (Wildman–Crippen MR) is 116 cm³/mol. The molecule has 30 heavy (non-hydrogen) atoms. The van der Waals surface area contributed by atoms with Gasteiger partial charge in [0.05, 0.1) is 0 Å². The zero-order chi connectivity index (χ0) is 21.3. The van der Waals surface area contributed by atoms with Crippen LogP contribution in [0.3, 0.4) is 0 Å². The van der Waals surface area contributed by atoms with Gasteiger partial charge in [0, 0.05) is 17.7 Å². The summed E-state index contributed by atoms with van der Waals surface area (Å²) in [6.07, 6.45) is 1.99. The lowest BCUT2D eigenvalue weighted by molar-refractivity contribution is -0.117. The second-order valence-electron chi connectivity index (χ2n) is 6.89. The summed E-state index contributed by atoms with van der Waals surface area (Å²) in [4.78, 5) is 25.4. The summed E-state index contributed by atoms with van der Waals surface area (Å²) in [6.45, 7) is 2.31. The topological polar surface area (TPSA) is 58.2 Å². The number of carbonyl (C=O) groups excluding carboxylic acids is 2. The van der Waals surface area contributed by atoms with Crippen LogP contribution in [0.4, 0.5) is 4.39 Å². The van der Waals surface area contributed by atoms with Crippen molar-refractivity contribution in [2.75, 3.05) is 6.54 Å². The van der Waals surface area contributed by atoms with E-state index in [4.69, 9.17) is 0 Å². The Balaban J connectivity index is 1.76. The maximum Gasteiger partial charge on any atom is 0.267 e. The molecule has 0 bridgehead atoms. The molecule has 0 aliphatic heterocycles. The molecule has 2 N–H and O–H groups in total. The number of hydrogen-bond donors (Lipinski definition) is 2. The maximum atomic E-state index is 14.1. The van der Waals surface area contributed by atoms with E-state index < -0.39 is 17.6 Å². The summed E-state index contributed by atoms with van der Waals surface area (Å²) in [6, 6.07) is 22.8. The van der Waals surface area contributed by atoms with Crippen molar-refractivity contribution >= 4 is 17.9 Å². The van der Waals surface area contributed by atoms with Gasteiger partial charge in [0.1, 0.15) is 11.5 Å². The molecular formula is C25H23FN2O2. The van der Waals surface area contributed by atoms with Crippen molar-refractivity contribution in [2.45, 2.75) is 13.3 Å². The van der Waals surface area contributed by atoms with Gasteiger partial charge in [0.25, 0.3) is 11.8 Å². The smallest absolute Gasteiger partial charge is 0.267 e. The number of aryl methyl sites for hydroxylation is 1. The summed E-state index contributed by atoms with van der Waals surface area (Å²) in [5.41, 5.74) is 2.72. The van der Waals surface area contributed by atoms with Crippen molar-refractivity contribution < 1.29 is 14.0 Å². The Morgan fingerprint density at radius 2 is 1.57 bits per heavy atom. The Morgan fingerprint density at radius 1 is 0.900 bits per heavy atom. The van der Waals surface area contributed by atoms with Gasteiger partial charge in [-0.2, -0.15) is 0 Å². The molecule has 0 saturated carbocycles. The normalized spacial score (nSPS) is 11.1. The third-order valence-electron chi connectivity index (χ3n) is 4.55. The predicted octanol–water partition coefficient (Wildman–Crippen LogP) is 4.26. The third-order valence-corrected chi connectivity index (χ3v) is 4.55.